The molecule has 0 radical (unpaired) electrons. The molecule has 0 aliphatic heterocycles. The van der Waals surface area contributed by atoms with E-state index in [9.17, 15) is 14.4 Å². The van der Waals surface area contributed by atoms with Gasteiger partial charge < -0.3 is 15.5 Å². The molecule has 0 saturated heterocycles. The van der Waals surface area contributed by atoms with Crippen LogP contribution in [-0.4, -0.2) is 44.3 Å². The number of hydrogen-bond acceptors (Lipinski definition) is 5. The molecule has 1 atom stereocenters. The maximum Gasteiger partial charge on any atom is 0.326 e. The van der Waals surface area contributed by atoms with E-state index >= 15 is 0 Å². The maximum atomic E-state index is 11.7. The SMILES string of the molecule is O=C(O)C[C@H](NC(=O)c1cc(Cl)nnc1Cl)C(=O)O. The van der Waals surface area contributed by atoms with Crippen LogP contribution in [0.25, 0.3) is 0 Å². The zero-order valence-electron chi connectivity index (χ0n) is 9.13. The van der Waals surface area contributed by atoms with Crippen molar-refractivity contribution < 1.29 is 24.6 Å². The molecule has 0 fully saturated rings. The summed E-state index contributed by atoms with van der Waals surface area (Å²) in [6, 6.07) is -0.501. The monoisotopic (exact) mass is 307 g/mol. The molecule has 0 aliphatic carbocycles. The number of nitrogens with one attached hydrogen (secondary N) is 1. The van der Waals surface area contributed by atoms with Crippen molar-refractivity contribution in [2.45, 2.75) is 12.5 Å². The molecule has 0 bridgehead atoms. The van der Waals surface area contributed by atoms with E-state index in [1.54, 1.807) is 0 Å². The Morgan fingerprint density at radius 1 is 1.26 bits per heavy atom. The fourth-order valence-electron chi connectivity index (χ4n) is 1.12. The van der Waals surface area contributed by atoms with Gasteiger partial charge in [-0.1, -0.05) is 23.2 Å². The Morgan fingerprint density at radius 2 is 1.89 bits per heavy atom. The molecule has 19 heavy (non-hydrogen) atoms. The van der Waals surface area contributed by atoms with Gasteiger partial charge in [-0.25, -0.2) is 4.79 Å². The van der Waals surface area contributed by atoms with E-state index in [-0.39, 0.29) is 15.9 Å². The van der Waals surface area contributed by atoms with Gasteiger partial charge in [-0.2, -0.15) is 0 Å². The van der Waals surface area contributed by atoms with Gasteiger partial charge in [0, 0.05) is 0 Å². The van der Waals surface area contributed by atoms with Gasteiger partial charge >= 0.3 is 11.9 Å². The average Bonchev–Trinajstić information content (AvgIpc) is 2.30. The van der Waals surface area contributed by atoms with Gasteiger partial charge in [0.2, 0.25) is 0 Å². The summed E-state index contributed by atoms with van der Waals surface area (Å²) in [5, 5.41) is 25.7. The number of nitrogens with zero attached hydrogens (tertiary/aromatic N) is 2. The van der Waals surface area contributed by atoms with Crippen LogP contribution in [0.1, 0.15) is 16.8 Å². The van der Waals surface area contributed by atoms with Crippen LogP contribution in [0, 0.1) is 0 Å². The van der Waals surface area contributed by atoms with Crippen molar-refractivity contribution in [3.05, 3.63) is 21.9 Å². The minimum atomic E-state index is -1.59. The largest absolute Gasteiger partial charge is 0.481 e. The number of aliphatic carboxylic acids is 2. The van der Waals surface area contributed by atoms with Gasteiger partial charge in [0.25, 0.3) is 5.91 Å². The van der Waals surface area contributed by atoms with Gasteiger partial charge in [0.1, 0.15) is 6.04 Å². The number of carbonyl (C=O) groups excluding carboxylic acids is 1. The highest BCUT2D eigenvalue weighted by molar-refractivity contribution is 6.34. The minimum Gasteiger partial charge on any atom is -0.481 e. The molecule has 1 rings (SSSR count). The lowest BCUT2D eigenvalue weighted by Crippen LogP contribution is -2.42. The first-order chi connectivity index (χ1) is 8.81. The lowest BCUT2D eigenvalue weighted by molar-refractivity contribution is -0.145. The summed E-state index contributed by atoms with van der Waals surface area (Å²) in [4.78, 5) is 33.0. The Labute approximate surface area is 116 Å². The van der Waals surface area contributed by atoms with Gasteiger partial charge in [-0.05, 0) is 6.07 Å². The number of aromatic nitrogens is 2. The molecule has 0 saturated carbocycles. The maximum absolute atomic E-state index is 11.7. The lowest BCUT2D eigenvalue weighted by atomic mass is 10.2. The first-order valence-corrected chi connectivity index (χ1v) is 5.51. The first kappa shape index (κ1) is 15.1. The highest BCUT2D eigenvalue weighted by Crippen LogP contribution is 2.15. The van der Waals surface area contributed by atoms with Crippen LogP contribution in [0.3, 0.4) is 0 Å². The highest BCUT2D eigenvalue weighted by Gasteiger charge is 2.25. The summed E-state index contributed by atoms with van der Waals surface area (Å²) in [5.74, 6) is -3.76. The second-order valence-corrected chi connectivity index (χ2v) is 4.08. The molecule has 1 amide bonds. The third kappa shape index (κ3) is 4.34. The Balaban J connectivity index is 2.90. The van der Waals surface area contributed by atoms with E-state index in [0.29, 0.717) is 0 Å². The third-order valence-electron chi connectivity index (χ3n) is 1.95. The highest BCUT2D eigenvalue weighted by atomic mass is 35.5. The number of hydrogen-bond donors (Lipinski definition) is 3. The van der Waals surface area contributed by atoms with E-state index in [4.69, 9.17) is 33.4 Å². The van der Waals surface area contributed by atoms with E-state index in [1.165, 1.54) is 0 Å². The number of carboxylic acid groups (broad SMARTS) is 2. The summed E-state index contributed by atoms with van der Waals surface area (Å²) in [7, 11) is 0. The van der Waals surface area contributed by atoms with Crippen molar-refractivity contribution in [3.8, 4) is 0 Å². The van der Waals surface area contributed by atoms with Crippen LogP contribution >= 0.6 is 23.2 Å². The fraction of sp³-hybridized carbons (Fsp3) is 0.222. The summed E-state index contributed by atoms with van der Waals surface area (Å²) < 4.78 is 0. The average molecular weight is 308 g/mol. The van der Waals surface area contributed by atoms with Crippen molar-refractivity contribution in [1.29, 1.82) is 0 Å². The van der Waals surface area contributed by atoms with Gasteiger partial charge in [-0.3, -0.25) is 9.59 Å². The molecular formula is C9H7Cl2N3O5. The predicted octanol–water partition coefficient (Wildman–Crippen LogP) is 0.441. The minimum absolute atomic E-state index is 0.111. The summed E-state index contributed by atoms with van der Waals surface area (Å²) >= 11 is 11.1. The van der Waals surface area contributed by atoms with Crippen molar-refractivity contribution >= 4 is 41.0 Å². The number of amides is 1. The number of halogens is 2. The molecule has 1 aromatic heterocycles. The molecule has 0 spiro atoms. The van der Waals surface area contributed by atoms with E-state index in [1.807, 2.05) is 5.32 Å². The van der Waals surface area contributed by atoms with E-state index in [2.05, 4.69) is 10.2 Å². The standard InChI is InChI=1S/C9H7Cl2N3O5/c10-5-1-3(7(11)14-13-5)8(17)12-4(9(18)19)2-6(15)16/h1,4H,2H2,(H,12,17)(H,15,16)(H,18,19)/t4-/m0/s1. The number of carboxylic acids is 2. The van der Waals surface area contributed by atoms with Crippen molar-refractivity contribution in [2.24, 2.45) is 0 Å². The Morgan fingerprint density at radius 3 is 2.42 bits per heavy atom. The Hall–Kier alpha value is -1.93. The molecule has 0 unspecified atom stereocenters. The fourth-order valence-corrected chi connectivity index (χ4v) is 1.45. The number of rotatable bonds is 5. The lowest BCUT2D eigenvalue weighted by Gasteiger charge is -2.12. The second kappa shape index (κ2) is 6.30. The topological polar surface area (TPSA) is 129 Å². The zero-order valence-corrected chi connectivity index (χ0v) is 10.6. The van der Waals surface area contributed by atoms with Gasteiger partial charge in [-0.15, -0.1) is 10.2 Å². The van der Waals surface area contributed by atoms with Crippen LogP contribution in [0.5, 0.6) is 0 Å². The molecule has 1 aromatic rings. The number of carbonyl (C=O) groups is 3. The molecule has 8 nitrogen and oxygen atoms in total. The van der Waals surface area contributed by atoms with Crippen molar-refractivity contribution in [2.75, 3.05) is 0 Å². The van der Waals surface area contributed by atoms with Gasteiger partial charge in [0.15, 0.2) is 10.3 Å². The summed E-state index contributed by atoms with van der Waals surface area (Å²) in [6.07, 6.45) is -0.773. The van der Waals surface area contributed by atoms with E-state index in [0.717, 1.165) is 6.07 Å². The van der Waals surface area contributed by atoms with Crippen LogP contribution in [0.4, 0.5) is 0 Å². The summed E-state index contributed by atoms with van der Waals surface area (Å²) in [5.41, 5.74) is -0.196. The van der Waals surface area contributed by atoms with Crippen LogP contribution < -0.4 is 5.32 Å². The van der Waals surface area contributed by atoms with E-state index < -0.39 is 30.3 Å². The third-order valence-corrected chi connectivity index (χ3v) is 2.41. The quantitative estimate of drug-likeness (QED) is 0.719. The first-order valence-electron chi connectivity index (χ1n) is 4.75. The Bertz CT molecular complexity index is 537. The normalized spacial score (nSPS) is 11.7. The van der Waals surface area contributed by atoms with Crippen LogP contribution in [0.15, 0.2) is 6.07 Å². The molecule has 0 aliphatic rings. The summed E-state index contributed by atoms with van der Waals surface area (Å²) in [6.45, 7) is 0. The molecule has 1 heterocycles. The molecule has 102 valence electrons. The molecular weight excluding hydrogens is 301 g/mol. The smallest absolute Gasteiger partial charge is 0.326 e. The zero-order chi connectivity index (χ0) is 14.6. The van der Waals surface area contributed by atoms with Crippen molar-refractivity contribution in [3.63, 3.8) is 0 Å². The van der Waals surface area contributed by atoms with Gasteiger partial charge in [0.05, 0.1) is 12.0 Å². The van der Waals surface area contributed by atoms with Crippen molar-refractivity contribution in [1.82, 2.24) is 15.5 Å². The second-order valence-electron chi connectivity index (χ2n) is 3.33. The van der Waals surface area contributed by atoms with Crippen LogP contribution in [-0.2, 0) is 9.59 Å². The predicted molar refractivity (Wildman–Crippen MR) is 63.2 cm³/mol. The molecule has 0 aromatic carbocycles. The molecule has 3 N–H and O–H groups in total. The molecule has 10 heteroatoms. The van der Waals surface area contributed by atoms with Crippen LogP contribution in [0.2, 0.25) is 10.3 Å². The Kier molecular flexibility index (Phi) is 5.02.